The third kappa shape index (κ3) is 2.62. The molecule has 22 heavy (non-hydrogen) atoms. The highest BCUT2D eigenvalue weighted by molar-refractivity contribution is 7.88. The van der Waals surface area contributed by atoms with Gasteiger partial charge in [-0.25, -0.2) is 12.8 Å². The van der Waals surface area contributed by atoms with Gasteiger partial charge in [-0.15, -0.1) is 0 Å². The number of rotatable bonds is 3. The van der Waals surface area contributed by atoms with E-state index in [0.29, 0.717) is 11.5 Å². The molecule has 0 amide bonds. The van der Waals surface area contributed by atoms with Gasteiger partial charge in [0.1, 0.15) is 17.3 Å². The van der Waals surface area contributed by atoms with E-state index < -0.39 is 21.9 Å². The van der Waals surface area contributed by atoms with Crippen LogP contribution in [0.5, 0.6) is 0 Å². The molecule has 2 aromatic rings. The third-order valence-electron chi connectivity index (χ3n) is 3.35. The number of furan rings is 1. The van der Waals surface area contributed by atoms with Crippen molar-refractivity contribution in [3.05, 3.63) is 58.8 Å². The maximum atomic E-state index is 14.2. The number of hydrogen-bond donors (Lipinski definition) is 0. The first-order valence-electron chi connectivity index (χ1n) is 6.42. The Labute approximate surface area is 132 Å². The van der Waals surface area contributed by atoms with Crippen LogP contribution in [-0.4, -0.2) is 24.8 Å². The van der Waals surface area contributed by atoms with E-state index in [4.69, 9.17) is 16.0 Å². The van der Waals surface area contributed by atoms with Gasteiger partial charge in [0, 0.05) is 17.0 Å². The van der Waals surface area contributed by atoms with Crippen LogP contribution in [-0.2, 0) is 10.0 Å². The first-order chi connectivity index (χ1) is 10.4. The lowest BCUT2D eigenvalue weighted by Crippen LogP contribution is -2.26. The number of nitrogens with zero attached hydrogens (tertiary/aromatic N) is 2. The Morgan fingerprint density at radius 3 is 2.73 bits per heavy atom. The van der Waals surface area contributed by atoms with Gasteiger partial charge in [0.25, 0.3) is 0 Å². The number of hydrazone groups is 1. The van der Waals surface area contributed by atoms with E-state index in [1.165, 1.54) is 24.5 Å². The third-order valence-corrected chi connectivity index (χ3v) is 4.70. The van der Waals surface area contributed by atoms with E-state index >= 15 is 0 Å². The van der Waals surface area contributed by atoms with Crippen molar-refractivity contribution in [3.63, 3.8) is 0 Å². The van der Waals surface area contributed by atoms with Crippen LogP contribution in [0, 0.1) is 5.82 Å². The number of benzene rings is 1. The Morgan fingerprint density at radius 2 is 2.14 bits per heavy atom. The predicted octanol–water partition coefficient (Wildman–Crippen LogP) is 3.18. The monoisotopic (exact) mass is 342 g/mol. The van der Waals surface area contributed by atoms with Crippen LogP contribution in [0.25, 0.3) is 0 Å². The summed E-state index contributed by atoms with van der Waals surface area (Å²) >= 11 is 6.06. The molecule has 0 radical (unpaired) electrons. The van der Waals surface area contributed by atoms with Gasteiger partial charge >= 0.3 is 0 Å². The first-order valence-corrected chi connectivity index (χ1v) is 8.65. The molecule has 0 N–H and O–H groups in total. The van der Waals surface area contributed by atoms with E-state index in [1.54, 1.807) is 12.1 Å². The zero-order valence-electron chi connectivity index (χ0n) is 11.5. The zero-order valence-corrected chi connectivity index (χ0v) is 13.1. The van der Waals surface area contributed by atoms with Crippen LogP contribution in [0.15, 0.2) is 46.1 Å². The Morgan fingerprint density at radius 1 is 1.36 bits per heavy atom. The molecule has 0 fully saturated rings. The maximum absolute atomic E-state index is 14.2. The average Bonchev–Trinajstić information content (AvgIpc) is 3.06. The van der Waals surface area contributed by atoms with E-state index in [-0.39, 0.29) is 17.0 Å². The highest BCUT2D eigenvalue weighted by Crippen LogP contribution is 2.39. The minimum atomic E-state index is -3.68. The van der Waals surface area contributed by atoms with Gasteiger partial charge in [0.05, 0.1) is 18.6 Å². The lowest BCUT2D eigenvalue weighted by molar-refractivity contribution is 0.365. The molecule has 0 aliphatic carbocycles. The standard InChI is InChI=1S/C14H12ClFN2O3S/c1-22(19,20)18-12(14-9(15)4-2-5-10(14)16)8-11(17-18)13-6-3-7-21-13/h2-7,12H,8H2,1H3. The summed E-state index contributed by atoms with van der Waals surface area (Å²) < 4.78 is 44.2. The highest BCUT2D eigenvalue weighted by Gasteiger charge is 2.37. The van der Waals surface area contributed by atoms with Crippen LogP contribution in [0.1, 0.15) is 23.8 Å². The molecule has 3 rings (SSSR count). The molecule has 2 heterocycles. The number of sulfonamides is 1. The van der Waals surface area contributed by atoms with Gasteiger partial charge < -0.3 is 4.42 Å². The molecule has 1 aromatic heterocycles. The summed E-state index contributed by atoms with van der Waals surface area (Å²) in [5.41, 5.74) is 0.541. The quantitative estimate of drug-likeness (QED) is 0.860. The Bertz CT molecular complexity index is 814. The van der Waals surface area contributed by atoms with Gasteiger partial charge in [-0.2, -0.15) is 9.52 Å². The summed E-state index contributed by atoms with van der Waals surface area (Å²) in [6, 6.07) is 6.74. The fraction of sp³-hybridized carbons (Fsp3) is 0.214. The summed E-state index contributed by atoms with van der Waals surface area (Å²) in [7, 11) is -3.68. The van der Waals surface area contributed by atoms with Gasteiger partial charge in [-0.05, 0) is 24.3 Å². The van der Waals surface area contributed by atoms with Crippen molar-refractivity contribution in [2.75, 3.05) is 6.26 Å². The molecule has 8 heteroatoms. The topological polar surface area (TPSA) is 62.9 Å². The minimum absolute atomic E-state index is 0.111. The fourth-order valence-corrected chi connectivity index (χ4v) is 3.61. The van der Waals surface area contributed by atoms with Crippen molar-refractivity contribution < 1.29 is 17.2 Å². The van der Waals surface area contributed by atoms with Crippen LogP contribution >= 0.6 is 11.6 Å². The second-order valence-corrected chi connectivity index (χ2v) is 7.16. The molecular formula is C14H12ClFN2O3S. The second-order valence-electron chi connectivity index (χ2n) is 4.91. The second kappa shape index (κ2) is 5.40. The van der Waals surface area contributed by atoms with Crippen LogP contribution in [0.2, 0.25) is 5.02 Å². The van der Waals surface area contributed by atoms with E-state index in [2.05, 4.69) is 5.10 Å². The van der Waals surface area contributed by atoms with Gasteiger partial charge in [-0.1, -0.05) is 17.7 Å². The van der Waals surface area contributed by atoms with E-state index in [9.17, 15) is 12.8 Å². The fourth-order valence-electron chi connectivity index (χ4n) is 2.43. The summed E-state index contributed by atoms with van der Waals surface area (Å²) in [4.78, 5) is 0. The van der Waals surface area contributed by atoms with Gasteiger partial charge in [0.2, 0.25) is 10.0 Å². The Balaban J connectivity index is 2.09. The first kappa shape index (κ1) is 15.1. The molecule has 0 spiro atoms. The molecule has 5 nitrogen and oxygen atoms in total. The molecule has 1 atom stereocenters. The van der Waals surface area contributed by atoms with Crippen LogP contribution < -0.4 is 0 Å². The summed E-state index contributed by atoms with van der Waals surface area (Å²) in [5, 5.41) is 4.25. The van der Waals surface area contributed by atoms with Gasteiger partial charge in [-0.3, -0.25) is 0 Å². The summed E-state index contributed by atoms with van der Waals surface area (Å²) in [5.74, 6) is -0.120. The van der Waals surface area contributed by atoms with Crippen molar-refractivity contribution in [3.8, 4) is 0 Å². The Kier molecular flexibility index (Phi) is 3.70. The largest absolute Gasteiger partial charge is 0.463 e. The van der Waals surface area contributed by atoms with Crippen LogP contribution in [0.4, 0.5) is 4.39 Å². The van der Waals surface area contributed by atoms with E-state index in [1.807, 2.05) is 0 Å². The summed E-state index contributed by atoms with van der Waals surface area (Å²) in [6.45, 7) is 0. The molecule has 1 aromatic carbocycles. The smallest absolute Gasteiger partial charge is 0.247 e. The molecular weight excluding hydrogens is 331 g/mol. The normalized spacial score (nSPS) is 18.6. The van der Waals surface area contributed by atoms with Crippen molar-refractivity contribution in [1.82, 2.24) is 4.41 Å². The molecule has 0 saturated heterocycles. The minimum Gasteiger partial charge on any atom is -0.463 e. The molecule has 1 aliphatic rings. The molecule has 1 aliphatic heterocycles. The van der Waals surface area contributed by atoms with Crippen LogP contribution in [0.3, 0.4) is 0 Å². The average molecular weight is 343 g/mol. The number of halogens is 2. The molecule has 0 saturated carbocycles. The SMILES string of the molecule is CS(=O)(=O)N1N=C(c2ccco2)CC1c1c(F)cccc1Cl. The van der Waals surface area contributed by atoms with Crippen molar-refractivity contribution in [1.29, 1.82) is 0 Å². The molecule has 116 valence electrons. The zero-order chi connectivity index (χ0) is 15.9. The van der Waals surface area contributed by atoms with Crippen molar-refractivity contribution in [2.24, 2.45) is 5.10 Å². The van der Waals surface area contributed by atoms with Crippen molar-refractivity contribution in [2.45, 2.75) is 12.5 Å². The molecule has 0 bridgehead atoms. The Hall–Kier alpha value is -1.86. The number of hydrogen-bond acceptors (Lipinski definition) is 4. The molecule has 1 unspecified atom stereocenters. The lowest BCUT2D eigenvalue weighted by Gasteiger charge is -2.22. The maximum Gasteiger partial charge on any atom is 0.247 e. The lowest BCUT2D eigenvalue weighted by atomic mass is 10.0. The predicted molar refractivity (Wildman–Crippen MR) is 80.7 cm³/mol. The summed E-state index contributed by atoms with van der Waals surface area (Å²) in [6.07, 6.45) is 2.66. The van der Waals surface area contributed by atoms with Gasteiger partial charge in [0.15, 0.2) is 0 Å². The highest BCUT2D eigenvalue weighted by atomic mass is 35.5. The van der Waals surface area contributed by atoms with E-state index in [0.717, 1.165) is 10.7 Å². The van der Waals surface area contributed by atoms with Crippen molar-refractivity contribution >= 4 is 27.3 Å².